The van der Waals surface area contributed by atoms with E-state index >= 15 is 0 Å². The Balaban J connectivity index is 2.59. The molecule has 1 aromatic rings. The Labute approximate surface area is 96.8 Å². The molecule has 90 valence electrons. The van der Waals surface area contributed by atoms with Crippen LogP contribution in [0.5, 0.6) is 0 Å². The van der Waals surface area contributed by atoms with Crippen molar-refractivity contribution in [2.45, 2.75) is 24.3 Å². The highest BCUT2D eigenvalue weighted by atomic mass is 32.2. The lowest BCUT2D eigenvalue weighted by atomic mass is 10.2. The Kier molecular flexibility index (Phi) is 4.32. The van der Waals surface area contributed by atoms with Crippen LogP contribution in [0.15, 0.2) is 29.2 Å². The summed E-state index contributed by atoms with van der Waals surface area (Å²) in [5, 5.41) is 3.18. The Hall–Kier alpha value is -1.07. The van der Waals surface area contributed by atoms with Crippen LogP contribution in [0.1, 0.15) is 13.3 Å². The Bertz CT molecular complexity index is 424. The van der Waals surface area contributed by atoms with Crippen LogP contribution in [0.3, 0.4) is 0 Å². The van der Waals surface area contributed by atoms with E-state index in [1.54, 1.807) is 24.3 Å². The lowest BCUT2D eigenvalue weighted by Crippen LogP contribution is -2.19. The fraction of sp³-hybridized carbons (Fsp3) is 0.455. The molecule has 0 bridgehead atoms. The highest BCUT2D eigenvalue weighted by molar-refractivity contribution is 7.90. The second-order valence-corrected chi connectivity index (χ2v) is 6.01. The third-order valence-electron chi connectivity index (χ3n) is 2.21. The number of anilines is 1. The van der Waals surface area contributed by atoms with E-state index in [4.69, 9.17) is 5.73 Å². The van der Waals surface area contributed by atoms with Gasteiger partial charge < -0.3 is 11.1 Å². The van der Waals surface area contributed by atoms with Crippen LogP contribution in [0.4, 0.5) is 5.69 Å². The number of sulfone groups is 1. The van der Waals surface area contributed by atoms with Crippen LogP contribution in [0, 0.1) is 0 Å². The number of nitrogens with two attached hydrogens (primary N) is 1. The summed E-state index contributed by atoms with van der Waals surface area (Å²) in [6, 6.07) is 6.89. The van der Waals surface area contributed by atoms with Gasteiger partial charge in [-0.05, 0) is 37.6 Å². The van der Waals surface area contributed by atoms with Crippen molar-refractivity contribution in [2.75, 3.05) is 18.1 Å². The molecule has 1 unspecified atom stereocenters. The number of hydrogen-bond donors (Lipinski definition) is 2. The highest BCUT2D eigenvalue weighted by Gasteiger charge is 2.05. The van der Waals surface area contributed by atoms with Crippen molar-refractivity contribution >= 4 is 15.5 Å². The summed E-state index contributed by atoms with van der Waals surface area (Å²) in [7, 11) is -3.10. The van der Waals surface area contributed by atoms with Crippen molar-refractivity contribution in [3.05, 3.63) is 24.3 Å². The monoisotopic (exact) mass is 242 g/mol. The van der Waals surface area contributed by atoms with Crippen molar-refractivity contribution in [1.29, 1.82) is 0 Å². The fourth-order valence-electron chi connectivity index (χ4n) is 1.26. The first kappa shape index (κ1) is 13.0. The molecule has 0 fully saturated rings. The molecule has 1 rings (SSSR count). The minimum atomic E-state index is -3.10. The largest absolute Gasteiger partial charge is 0.385 e. The minimum Gasteiger partial charge on any atom is -0.385 e. The van der Waals surface area contributed by atoms with Crippen LogP contribution in [-0.2, 0) is 9.84 Å². The van der Waals surface area contributed by atoms with Gasteiger partial charge >= 0.3 is 0 Å². The van der Waals surface area contributed by atoms with Crippen molar-refractivity contribution in [3.63, 3.8) is 0 Å². The number of rotatable bonds is 5. The first-order valence-electron chi connectivity index (χ1n) is 5.19. The molecular weight excluding hydrogens is 224 g/mol. The summed E-state index contributed by atoms with van der Waals surface area (Å²) in [5.41, 5.74) is 6.53. The standard InChI is InChI=1S/C11H18N2O2S/c1-9(12)7-8-13-10-3-5-11(6-4-10)16(2,14)15/h3-6,9,13H,7-8,12H2,1-2H3. The van der Waals surface area contributed by atoms with E-state index in [1.165, 1.54) is 6.26 Å². The summed E-state index contributed by atoms with van der Waals surface area (Å²) in [5.74, 6) is 0. The SMILES string of the molecule is CC(N)CCNc1ccc(S(C)(=O)=O)cc1. The summed E-state index contributed by atoms with van der Waals surface area (Å²) >= 11 is 0. The molecule has 0 aliphatic heterocycles. The highest BCUT2D eigenvalue weighted by Crippen LogP contribution is 2.13. The zero-order valence-corrected chi connectivity index (χ0v) is 10.4. The second kappa shape index (κ2) is 5.32. The Morgan fingerprint density at radius 2 is 1.88 bits per heavy atom. The van der Waals surface area contributed by atoms with E-state index in [1.807, 2.05) is 6.92 Å². The summed E-state index contributed by atoms with van der Waals surface area (Å²) in [4.78, 5) is 0.338. The third-order valence-corrected chi connectivity index (χ3v) is 3.34. The van der Waals surface area contributed by atoms with Gasteiger partial charge in [0.05, 0.1) is 4.90 Å². The van der Waals surface area contributed by atoms with Gasteiger partial charge in [-0.2, -0.15) is 0 Å². The van der Waals surface area contributed by atoms with Gasteiger partial charge in [-0.25, -0.2) is 8.42 Å². The van der Waals surface area contributed by atoms with Crippen LogP contribution in [-0.4, -0.2) is 27.3 Å². The van der Waals surface area contributed by atoms with Gasteiger partial charge in [0, 0.05) is 24.5 Å². The maximum absolute atomic E-state index is 11.2. The van der Waals surface area contributed by atoms with E-state index in [2.05, 4.69) is 5.32 Å². The molecule has 1 atom stereocenters. The molecule has 3 N–H and O–H groups in total. The summed E-state index contributed by atoms with van der Waals surface area (Å²) < 4.78 is 22.4. The molecule has 0 aliphatic carbocycles. The fourth-order valence-corrected chi connectivity index (χ4v) is 1.89. The normalized spacial score (nSPS) is 13.4. The smallest absolute Gasteiger partial charge is 0.175 e. The molecule has 0 aliphatic rings. The zero-order chi connectivity index (χ0) is 12.2. The first-order chi connectivity index (χ1) is 7.39. The third kappa shape index (κ3) is 4.20. The summed E-state index contributed by atoms with van der Waals surface area (Å²) in [6.07, 6.45) is 2.08. The first-order valence-corrected chi connectivity index (χ1v) is 7.08. The van der Waals surface area contributed by atoms with Crippen LogP contribution < -0.4 is 11.1 Å². The van der Waals surface area contributed by atoms with Gasteiger partial charge in [0.1, 0.15) is 0 Å². The number of benzene rings is 1. The van der Waals surface area contributed by atoms with E-state index < -0.39 is 9.84 Å². The lowest BCUT2D eigenvalue weighted by Gasteiger charge is -2.08. The van der Waals surface area contributed by atoms with E-state index in [0.29, 0.717) is 4.90 Å². The topological polar surface area (TPSA) is 72.2 Å². The summed E-state index contributed by atoms with van der Waals surface area (Å²) in [6.45, 7) is 2.74. The van der Waals surface area contributed by atoms with E-state index in [9.17, 15) is 8.42 Å². The van der Waals surface area contributed by atoms with Gasteiger partial charge in [-0.3, -0.25) is 0 Å². The molecule has 4 nitrogen and oxygen atoms in total. The van der Waals surface area contributed by atoms with Gasteiger partial charge in [-0.15, -0.1) is 0 Å². The average molecular weight is 242 g/mol. The van der Waals surface area contributed by atoms with Crippen LogP contribution in [0.2, 0.25) is 0 Å². The quantitative estimate of drug-likeness (QED) is 0.815. The molecule has 1 aromatic carbocycles. The van der Waals surface area contributed by atoms with Crippen molar-refractivity contribution < 1.29 is 8.42 Å². The number of hydrogen-bond acceptors (Lipinski definition) is 4. The molecule has 0 saturated heterocycles. The van der Waals surface area contributed by atoms with E-state index in [0.717, 1.165) is 18.7 Å². The Morgan fingerprint density at radius 3 is 2.31 bits per heavy atom. The van der Waals surface area contributed by atoms with Crippen molar-refractivity contribution in [3.8, 4) is 0 Å². The molecule has 0 aromatic heterocycles. The average Bonchev–Trinajstić information content (AvgIpc) is 2.16. The minimum absolute atomic E-state index is 0.169. The predicted octanol–water partition coefficient (Wildman–Crippen LogP) is 1.24. The van der Waals surface area contributed by atoms with E-state index in [-0.39, 0.29) is 6.04 Å². The molecular formula is C11H18N2O2S. The van der Waals surface area contributed by atoms with Crippen molar-refractivity contribution in [2.24, 2.45) is 5.73 Å². The molecule has 0 saturated carbocycles. The predicted molar refractivity (Wildman–Crippen MR) is 66.3 cm³/mol. The maximum Gasteiger partial charge on any atom is 0.175 e. The molecule has 0 heterocycles. The molecule has 0 amide bonds. The molecule has 0 spiro atoms. The lowest BCUT2D eigenvalue weighted by molar-refractivity contribution is 0.602. The van der Waals surface area contributed by atoms with Crippen LogP contribution >= 0.6 is 0 Å². The van der Waals surface area contributed by atoms with Crippen LogP contribution in [0.25, 0.3) is 0 Å². The van der Waals surface area contributed by atoms with Gasteiger partial charge in [0.2, 0.25) is 0 Å². The molecule has 16 heavy (non-hydrogen) atoms. The van der Waals surface area contributed by atoms with Gasteiger partial charge in [-0.1, -0.05) is 0 Å². The number of nitrogens with one attached hydrogen (secondary N) is 1. The maximum atomic E-state index is 11.2. The molecule has 5 heteroatoms. The van der Waals surface area contributed by atoms with Crippen molar-refractivity contribution in [1.82, 2.24) is 0 Å². The second-order valence-electron chi connectivity index (χ2n) is 3.99. The van der Waals surface area contributed by atoms with Gasteiger partial charge in [0.15, 0.2) is 9.84 Å². The van der Waals surface area contributed by atoms with Gasteiger partial charge in [0.25, 0.3) is 0 Å². The molecule has 0 radical (unpaired) electrons. The zero-order valence-electron chi connectivity index (χ0n) is 9.60. The Morgan fingerprint density at radius 1 is 1.31 bits per heavy atom.